The summed E-state index contributed by atoms with van der Waals surface area (Å²) >= 11 is 0. The van der Waals surface area contributed by atoms with Crippen LogP contribution in [0, 0.1) is 5.82 Å². The maximum Gasteiger partial charge on any atom is 0.235 e. The van der Waals surface area contributed by atoms with E-state index in [4.69, 9.17) is 10.5 Å². The quantitative estimate of drug-likeness (QED) is 0.853. The van der Waals surface area contributed by atoms with Crippen molar-refractivity contribution in [3.8, 4) is 0 Å². The molecule has 0 aliphatic carbocycles. The summed E-state index contributed by atoms with van der Waals surface area (Å²) in [6, 6.07) is 4.20. The highest BCUT2D eigenvalue weighted by atomic mass is 32.2. The molecule has 0 spiro atoms. The highest BCUT2D eigenvalue weighted by molar-refractivity contribution is 7.92. The number of nitrogens with two attached hydrogens (primary N) is 1. The number of benzene rings is 1. The van der Waals surface area contributed by atoms with E-state index in [1.807, 2.05) is 0 Å². The van der Waals surface area contributed by atoms with Crippen LogP contribution in [0.25, 0.3) is 0 Å². The SMILES string of the molecule is NCc1ccc(NS(=O)(=O)CC2CCCO2)c(F)c1. The number of sulfonamides is 1. The number of hydrogen-bond acceptors (Lipinski definition) is 4. The van der Waals surface area contributed by atoms with Gasteiger partial charge in [-0.25, -0.2) is 12.8 Å². The minimum Gasteiger partial charge on any atom is -0.377 e. The summed E-state index contributed by atoms with van der Waals surface area (Å²) in [6.45, 7) is 0.791. The van der Waals surface area contributed by atoms with Gasteiger partial charge in [0.2, 0.25) is 10.0 Å². The second-order valence-electron chi connectivity index (χ2n) is 4.54. The molecule has 0 radical (unpaired) electrons. The molecule has 1 aromatic carbocycles. The fourth-order valence-electron chi connectivity index (χ4n) is 2.00. The molecule has 5 nitrogen and oxygen atoms in total. The maximum atomic E-state index is 13.7. The summed E-state index contributed by atoms with van der Waals surface area (Å²) in [5, 5.41) is 0. The zero-order valence-electron chi connectivity index (χ0n) is 10.4. The Balaban J connectivity index is 2.06. The summed E-state index contributed by atoms with van der Waals surface area (Å²) in [7, 11) is -3.61. The molecule has 1 atom stereocenters. The van der Waals surface area contributed by atoms with E-state index >= 15 is 0 Å². The minimum atomic E-state index is -3.61. The number of halogens is 1. The molecule has 2 rings (SSSR count). The molecule has 1 saturated heterocycles. The van der Waals surface area contributed by atoms with Gasteiger partial charge >= 0.3 is 0 Å². The summed E-state index contributed by atoms with van der Waals surface area (Å²) in [5.41, 5.74) is 5.93. The molecule has 1 aliphatic rings. The fraction of sp³-hybridized carbons (Fsp3) is 0.500. The number of rotatable bonds is 5. The number of hydrogen-bond donors (Lipinski definition) is 2. The zero-order valence-corrected chi connectivity index (χ0v) is 11.2. The van der Waals surface area contributed by atoms with Gasteiger partial charge in [0.1, 0.15) is 5.82 Å². The molecule has 0 bridgehead atoms. The Morgan fingerprint density at radius 2 is 2.26 bits per heavy atom. The molecular weight excluding hydrogens is 271 g/mol. The Hall–Kier alpha value is -1.18. The standard InChI is InChI=1S/C12H17FN2O3S/c13-11-6-9(7-14)3-4-12(11)15-19(16,17)8-10-2-1-5-18-10/h3-4,6,10,15H,1-2,5,7-8,14H2. The van der Waals surface area contributed by atoms with Crippen molar-refractivity contribution in [2.75, 3.05) is 17.1 Å². The van der Waals surface area contributed by atoms with E-state index in [1.54, 1.807) is 6.07 Å². The molecule has 1 heterocycles. The Bertz CT molecular complexity index is 542. The third kappa shape index (κ3) is 3.89. The lowest BCUT2D eigenvalue weighted by atomic mass is 10.2. The van der Waals surface area contributed by atoms with Crippen LogP contribution in [0.15, 0.2) is 18.2 Å². The Morgan fingerprint density at radius 1 is 1.47 bits per heavy atom. The molecule has 1 aromatic rings. The Labute approximate surface area is 112 Å². The van der Waals surface area contributed by atoms with Crippen molar-refractivity contribution < 1.29 is 17.5 Å². The molecule has 0 aromatic heterocycles. The lowest BCUT2D eigenvalue weighted by Crippen LogP contribution is -2.26. The van der Waals surface area contributed by atoms with E-state index in [0.717, 1.165) is 12.8 Å². The van der Waals surface area contributed by atoms with Crippen molar-refractivity contribution in [1.29, 1.82) is 0 Å². The molecule has 7 heteroatoms. The summed E-state index contributed by atoms with van der Waals surface area (Å²) < 4.78 is 44.9. The van der Waals surface area contributed by atoms with Crippen LogP contribution in [0.5, 0.6) is 0 Å². The van der Waals surface area contributed by atoms with Gasteiger partial charge < -0.3 is 10.5 Å². The van der Waals surface area contributed by atoms with Crippen LogP contribution in [-0.2, 0) is 21.3 Å². The number of anilines is 1. The van der Waals surface area contributed by atoms with Crippen molar-refractivity contribution in [2.45, 2.75) is 25.5 Å². The molecule has 19 heavy (non-hydrogen) atoms. The predicted octanol–water partition coefficient (Wildman–Crippen LogP) is 1.21. The van der Waals surface area contributed by atoms with E-state index < -0.39 is 15.8 Å². The second-order valence-corrected chi connectivity index (χ2v) is 6.30. The van der Waals surface area contributed by atoms with Crippen LogP contribution in [-0.4, -0.2) is 26.9 Å². The van der Waals surface area contributed by atoms with Crippen molar-refractivity contribution in [1.82, 2.24) is 0 Å². The molecule has 1 aliphatic heterocycles. The lowest BCUT2D eigenvalue weighted by molar-refractivity contribution is 0.127. The summed E-state index contributed by atoms with van der Waals surface area (Å²) in [6.07, 6.45) is 1.28. The normalized spacial score (nSPS) is 19.6. The zero-order chi connectivity index (χ0) is 13.9. The number of ether oxygens (including phenoxy) is 1. The Morgan fingerprint density at radius 3 is 2.84 bits per heavy atom. The van der Waals surface area contributed by atoms with Crippen LogP contribution < -0.4 is 10.5 Å². The van der Waals surface area contributed by atoms with Gasteiger partial charge in [0.05, 0.1) is 17.5 Å². The third-order valence-electron chi connectivity index (χ3n) is 2.96. The van der Waals surface area contributed by atoms with Crippen LogP contribution >= 0.6 is 0 Å². The van der Waals surface area contributed by atoms with E-state index in [0.29, 0.717) is 12.2 Å². The first-order valence-electron chi connectivity index (χ1n) is 6.11. The maximum absolute atomic E-state index is 13.7. The predicted molar refractivity (Wildman–Crippen MR) is 70.7 cm³/mol. The Kier molecular flexibility index (Phi) is 4.38. The van der Waals surface area contributed by atoms with Gasteiger partial charge in [-0.3, -0.25) is 4.72 Å². The molecule has 3 N–H and O–H groups in total. The first-order chi connectivity index (χ1) is 9.00. The number of nitrogens with one attached hydrogen (secondary N) is 1. The van der Waals surface area contributed by atoms with Crippen LogP contribution in [0.3, 0.4) is 0 Å². The molecule has 0 saturated carbocycles. The first kappa shape index (κ1) is 14.2. The molecule has 1 unspecified atom stereocenters. The van der Waals surface area contributed by atoms with Gasteiger partial charge in [0.15, 0.2) is 0 Å². The van der Waals surface area contributed by atoms with Gasteiger partial charge in [-0.1, -0.05) is 6.07 Å². The van der Waals surface area contributed by atoms with E-state index in [2.05, 4.69) is 4.72 Å². The van der Waals surface area contributed by atoms with Gasteiger partial charge in [-0.15, -0.1) is 0 Å². The van der Waals surface area contributed by atoms with Gasteiger partial charge in [-0.2, -0.15) is 0 Å². The average molecular weight is 288 g/mol. The fourth-order valence-corrected chi connectivity index (χ4v) is 3.33. The largest absolute Gasteiger partial charge is 0.377 e. The molecule has 1 fully saturated rings. The van der Waals surface area contributed by atoms with Crippen LogP contribution in [0.4, 0.5) is 10.1 Å². The average Bonchev–Trinajstić information content (AvgIpc) is 2.83. The second kappa shape index (κ2) is 5.85. The third-order valence-corrected chi connectivity index (χ3v) is 4.31. The smallest absolute Gasteiger partial charge is 0.235 e. The van der Waals surface area contributed by atoms with Crippen molar-refractivity contribution in [3.63, 3.8) is 0 Å². The lowest BCUT2D eigenvalue weighted by Gasteiger charge is -2.13. The summed E-state index contributed by atoms with van der Waals surface area (Å²) in [4.78, 5) is 0. The van der Waals surface area contributed by atoms with Crippen LogP contribution in [0.2, 0.25) is 0 Å². The highest BCUT2D eigenvalue weighted by Gasteiger charge is 2.23. The van der Waals surface area contributed by atoms with Crippen molar-refractivity contribution >= 4 is 15.7 Å². The van der Waals surface area contributed by atoms with Gasteiger partial charge in [0.25, 0.3) is 0 Å². The highest BCUT2D eigenvalue weighted by Crippen LogP contribution is 2.19. The molecular formula is C12H17FN2O3S. The van der Waals surface area contributed by atoms with E-state index in [1.165, 1.54) is 12.1 Å². The van der Waals surface area contributed by atoms with E-state index in [-0.39, 0.29) is 24.1 Å². The van der Waals surface area contributed by atoms with Crippen molar-refractivity contribution in [3.05, 3.63) is 29.6 Å². The van der Waals surface area contributed by atoms with Crippen molar-refractivity contribution in [2.24, 2.45) is 5.73 Å². The monoisotopic (exact) mass is 288 g/mol. The van der Waals surface area contributed by atoms with E-state index in [9.17, 15) is 12.8 Å². The molecule has 0 amide bonds. The van der Waals surface area contributed by atoms with Crippen LogP contribution in [0.1, 0.15) is 18.4 Å². The molecule has 106 valence electrons. The minimum absolute atomic E-state index is 0.0600. The van der Waals surface area contributed by atoms with Gasteiger partial charge in [0, 0.05) is 13.2 Å². The van der Waals surface area contributed by atoms with Gasteiger partial charge in [-0.05, 0) is 30.5 Å². The first-order valence-corrected chi connectivity index (χ1v) is 7.76. The topological polar surface area (TPSA) is 81.4 Å². The summed E-state index contributed by atoms with van der Waals surface area (Å²) in [5.74, 6) is -0.774.